The first kappa shape index (κ1) is 14.9. The van der Waals surface area contributed by atoms with E-state index in [0.29, 0.717) is 5.39 Å². The number of morpholine rings is 1. The fraction of sp³-hybridized carbons (Fsp3) is 0.263. The smallest absolute Gasteiger partial charge is 0.260 e. The highest BCUT2D eigenvalue weighted by atomic mass is 16.5. The van der Waals surface area contributed by atoms with Crippen LogP contribution in [-0.2, 0) is 11.8 Å². The van der Waals surface area contributed by atoms with Gasteiger partial charge in [-0.2, -0.15) is 0 Å². The molecule has 0 bridgehead atoms. The van der Waals surface area contributed by atoms with Gasteiger partial charge in [0.05, 0.1) is 30.4 Å². The Morgan fingerprint density at radius 1 is 1.04 bits per heavy atom. The predicted molar refractivity (Wildman–Crippen MR) is 95.5 cm³/mol. The second-order valence-electron chi connectivity index (χ2n) is 6.04. The van der Waals surface area contributed by atoms with Crippen molar-refractivity contribution >= 4 is 16.6 Å². The van der Waals surface area contributed by atoms with E-state index >= 15 is 0 Å². The number of nitrogens with zero attached hydrogens (tertiary/aromatic N) is 3. The van der Waals surface area contributed by atoms with Crippen LogP contribution in [0.2, 0.25) is 0 Å². The van der Waals surface area contributed by atoms with E-state index in [1.165, 1.54) is 10.3 Å². The number of aryl methyl sites for hydroxylation is 1. The van der Waals surface area contributed by atoms with Gasteiger partial charge in [-0.15, -0.1) is 0 Å². The quantitative estimate of drug-likeness (QED) is 0.727. The largest absolute Gasteiger partial charge is 0.378 e. The minimum atomic E-state index is -0.0198. The van der Waals surface area contributed by atoms with Gasteiger partial charge >= 0.3 is 0 Å². The molecule has 0 saturated carbocycles. The number of anilines is 1. The maximum Gasteiger partial charge on any atom is 0.260 e. The van der Waals surface area contributed by atoms with Crippen LogP contribution in [0.1, 0.15) is 0 Å². The summed E-state index contributed by atoms with van der Waals surface area (Å²) in [5, 5.41) is 0.646. The lowest BCUT2D eigenvalue weighted by atomic mass is 10.0. The molecule has 3 aromatic rings. The molecule has 5 heteroatoms. The van der Waals surface area contributed by atoms with Gasteiger partial charge in [-0.05, 0) is 35.4 Å². The molecule has 1 aliphatic heterocycles. The van der Waals surface area contributed by atoms with Gasteiger partial charge in [-0.25, -0.2) is 4.98 Å². The van der Waals surface area contributed by atoms with E-state index in [1.54, 1.807) is 13.4 Å². The average molecular weight is 321 g/mol. The summed E-state index contributed by atoms with van der Waals surface area (Å²) in [5.41, 5.74) is 4.11. The zero-order valence-electron chi connectivity index (χ0n) is 13.6. The molecule has 1 aliphatic rings. The zero-order chi connectivity index (χ0) is 16.5. The van der Waals surface area contributed by atoms with E-state index in [1.807, 2.05) is 18.2 Å². The lowest BCUT2D eigenvalue weighted by Crippen LogP contribution is -2.36. The standard InChI is InChI=1S/C19H19N3O2/c1-21-13-20-18-12-15(5-6-17(18)19(21)23)14-3-2-4-16(11-14)22-7-9-24-10-8-22/h2-6,11-13H,7-10H2,1H3. The highest BCUT2D eigenvalue weighted by molar-refractivity contribution is 5.84. The van der Waals surface area contributed by atoms with Gasteiger partial charge in [0.1, 0.15) is 0 Å². The molecule has 0 radical (unpaired) electrons. The van der Waals surface area contributed by atoms with Gasteiger partial charge in [-0.3, -0.25) is 4.79 Å². The number of benzene rings is 2. The van der Waals surface area contributed by atoms with Gasteiger partial charge in [0.15, 0.2) is 0 Å². The number of rotatable bonds is 2. The Morgan fingerprint density at radius 2 is 1.83 bits per heavy atom. The summed E-state index contributed by atoms with van der Waals surface area (Å²) >= 11 is 0. The number of fused-ring (bicyclic) bond motifs is 1. The first-order valence-electron chi connectivity index (χ1n) is 8.11. The van der Waals surface area contributed by atoms with Crippen LogP contribution >= 0.6 is 0 Å². The highest BCUT2D eigenvalue weighted by Crippen LogP contribution is 2.26. The van der Waals surface area contributed by atoms with Crippen LogP contribution in [0.3, 0.4) is 0 Å². The van der Waals surface area contributed by atoms with E-state index in [-0.39, 0.29) is 5.56 Å². The van der Waals surface area contributed by atoms with Crippen LogP contribution in [0.25, 0.3) is 22.0 Å². The lowest BCUT2D eigenvalue weighted by Gasteiger charge is -2.29. The van der Waals surface area contributed by atoms with Gasteiger partial charge in [0, 0.05) is 25.8 Å². The molecule has 0 aliphatic carbocycles. The van der Waals surface area contributed by atoms with E-state index in [4.69, 9.17) is 4.74 Å². The summed E-state index contributed by atoms with van der Waals surface area (Å²) in [6.45, 7) is 3.37. The van der Waals surface area contributed by atoms with Gasteiger partial charge in [-0.1, -0.05) is 18.2 Å². The third-order valence-corrected chi connectivity index (χ3v) is 4.47. The summed E-state index contributed by atoms with van der Waals surface area (Å²) in [6, 6.07) is 14.3. The van der Waals surface area contributed by atoms with Crippen molar-refractivity contribution in [3.63, 3.8) is 0 Å². The molecular formula is C19H19N3O2. The van der Waals surface area contributed by atoms with Crippen LogP contribution in [-0.4, -0.2) is 35.9 Å². The van der Waals surface area contributed by atoms with Gasteiger partial charge < -0.3 is 14.2 Å². The molecule has 0 atom stereocenters. The molecule has 1 fully saturated rings. The molecule has 1 saturated heterocycles. The Morgan fingerprint density at radius 3 is 2.67 bits per heavy atom. The predicted octanol–water partition coefficient (Wildman–Crippen LogP) is 2.44. The Bertz CT molecular complexity index is 943. The van der Waals surface area contributed by atoms with E-state index in [2.05, 4.69) is 34.1 Å². The molecule has 4 rings (SSSR count). The third-order valence-electron chi connectivity index (χ3n) is 4.47. The number of hydrogen-bond acceptors (Lipinski definition) is 4. The molecular weight excluding hydrogens is 302 g/mol. The highest BCUT2D eigenvalue weighted by Gasteiger charge is 2.12. The summed E-state index contributed by atoms with van der Waals surface area (Å²) in [7, 11) is 1.72. The SMILES string of the molecule is Cn1cnc2cc(-c3cccc(N4CCOCC4)c3)ccc2c1=O. The molecule has 2 aromatic carbocycles. The molecule has 0 spiro atoms. The summed E-state index contributed by atoms with van der Waals surface area (Å²) < 4.78 is 6.92. The molecule has 1 aromatic heterocycles. The summed E-state index contributed by atoms with van der Waals surface area (Å²) in [4.78, 5) is 18.9. The molecule has 0 unspecified atom stereocenters. The van der Waals surface area contributed by atoms with Gasteiger partial charge in [0.2, 0.25) is 0 Å². The normalized spacial score (nSPS) is 15.0. The molecule has 2 heterocycles. The minimum absolute atomic E-state index is 0.0198. The van der Waals surface area contributed by atoms with E-state index in [9.17, 15) is 4.79 Å². The van der Waals surface area contributed by atoms with Crippen molar-refractivity contribution in [2.45, 2.75) is 0 Å². The second-order valence-corrected chi connectivity index (χ2v) is 6.04. The van der Waals surface area contributed by atoms with Crippen molar-refractivity contribution in [3.8, 4) is 11.1 Å². The lowest BCUT2D eigenvalue weighted by molar-refractivity contribution is 0.122. The maximum absolute atomic E-state index is 12.1. The minimum Gasteiger partial charge on any atom is -0.378 e. The van der Waals surface area contributed by atoms with Crippen molar-refractivity contribution in [2.24, 2.45) is 7.05 Å². The fourth-order valence-electron chi connectivity index (χ4n) is 3.09. The number of ether oxygens (including phenoxy) is 1. The van der Waals surface area contributed by atoms with Crippen LogP contribution in [0, 0.1) is 0 Å². The number of aromatic nitrogens is 2. The van der Waals surface area contributed by atoms with Crippen LogP contribution < -0.4 is 10.5 Å². The third kappa shape index (κ3) is 2.67. The molecule has 24 heavy (non-hydrogen) atoms. The van der Waals surface area contributed by atoms with Crippen molar-refractivity contribution in [1.82, 2.24) is 9.55 Å². The summed E-state index contributed by atoms with van der Waals surface area (Å²) in [5.74, 6) is 0. The van der Waals surface area contributed by atoms with Crippen LogP contribution in [0.15, 0.2) is 53.6 Å². The van der Waals surface area contributed by atoms with E-state index < -0.39 is 0 Å². The molecule has 0 N–H and O–H groups in total. The summed E-state index contributed by atoms with van der Waals surface area (Å²) in [6.07, 6.45) is 1.57. The monoisotopic (exact) mass is 321 g/mol. The Hall–Kier alpha value is -2.66. The topological polar surface area (TPSA) is 47.4 Å². The van der Waals surface area contributed by atoms with Crippen molar-refractivity contribution in [3.05, 3.63) is 59.1 Å². The first-order chi connectivity index (χ1) is 11.7. The second kappa shape index (κ2) is 6.09. The van der Waals surface area contributed by atoms with E-state index in [0.717, 1.165) is 42.9 Å². The van der Waals surface area contributed by atoms with Crippen LogP contribution in [0.4, 0.5) is 5.69 Å². The Kier molecular flexibility index (Phi) is 3.78. The number of hydrogen-bond donors (Lipinski definition) is 0. The van der Waals surface area contributed by atoms with Crippen molar-refractivity contribution < 1.29 is 4.74 Å². The fourth-order valence-corrected chi connectivity index (χ4v) is 3.09. The molecule has 0 amide bonds. The Labute approximate surface area is 140 Å². The first-order valence-corrected chi connectivity index (χ1v) is 8.11. The molecule has 122 valence electrons. The maximum atomic E-state index is 12.1. The van der Waals surface area contributed by atoms with Crippen molar-refractivity contribution in [2.75, 3.05) is 31.2 Å². The molecule has 5 nitrogen and oxygen atoms in total. The van der Waals surface area contributed by atoms with Crippen molar-refractivity contribution in [1.29, 1.82) is 0 Å². The van der Waals surface area contributed by atoms with Gasteiger partial charge in [0.25, 0.3) is 5.56 Å². The van der Waals surface area contributed by atoms with Crippen LogP contribution in [0.5, 0.6) is 0 Å². The Balaban J connectivity index is 1.74. The zero-order valence-corrected chi connectivity index (χ0v) is 13.6. The average Bonchev–Trinajstić information content (AvgIpc) is 2.65.